The molecule has 0 amide bonds. The SMILES string of the molecule is C=CC(C)(F)CN=CC(C)C.CC. The summed E-state index contributed by atoms with van der Waals surface area (Å²) in [6.07, 6.45) is 3.03. The molecule has 0 N–H and O–H groups in total. The highest BCUT2D eigenvalue weighted by Crippen LogP contribution is 2.10. The summed E-state index contributed by atoms with van der Waals surface area (Å²) in [5.74, 6) is 0.385. The molecule has 1 unspecified atom stereocenters. The molecule has 1 nitrogen and oxygen atoms in total. The maximum absolute atomic E-state index is 13.0. The van der Waals surface area contributed by atoms with Crippen LogP contribution in [0.15, 0.2) is 17.6 Å². The van der Waals surface area contributed by atoms with Crippen molar-refractivity contribution in [1.29, 1.82) is 0 Å². The van der Waals surface area contributed by atoms with Crippen LogP contribution in [-0.4, -0.2) is 18.4 Å². The van der Waals surface area contributed by atoms with Gasteiger partial charge in [0.1, 0.15) is 5.67 Å². The van der Waals surface area contributed by atoms with Crippen LogP contribution in [-0.2, 0) is 0 Å². The van der Waals surface area contributed by atoms with Gasteiger partial charge in [0.25, 0.3) is 0 Å². The monoisotopic (exact) mass is 187 g/mol. The van der Waals surface area contributed by atoms with E-state index in [1.54, 1.807) is 6.21 Å². The van der Waals surface area contributed by atoms with Crippen LogP contribution in [0, 0.1) is 5.92 Å². The Balaban J connectivity index is 0. The molecule has 0 aliphatic heterocycles. The molecule has 1 atom stereocenters. The third-order valence-electron chi connectivity index (χ3n) is 1.23. The Labute approximate surface area is 81.8 Å². The van der Waals surface area contributed by atoms with Crippen molar-refractivity contribution < 1.29 is 4.39 Å². The molecule has 0 fully saturated rings. The highest BCUT2D eigenvalue weighted by molar-refractivity contribution is 5.59. The minimum atomic E-state index is -1.36. The van der Waals surface area contributed by atoms with Gasteiger partial charge in [-0.15, -0.1) is 0 Å². The molecule has 78 valence electrons. The quantitative estimate of drug-likeness (QED) is 0.470. The van der Waals surface area contributed by atoms with E-state index in [0.717, 1.165) is 0 Å². The van der Waals surface area contributed by atoms with Gasteiger partial charge in [-0.1, -0.05) is 40.3 Å². The van der Waals surface area contributed by atoms with Crippen LogP contribution < -0.4 is 0 Å². The van der Waals surface area contributed by atoms with Crippen LogP contribution in [0.3, 0.4) is 0 Å². The average molecular weight is 187 g/mol. The number of aliphatic imine (C=N–C) groups is 1. The van der Waals surface area contributed by atoms with Crippen molar-refractivity contribution in [3.8, 4) is 0 Å². The molecule has 0 heterocycles. The van der Waals surface area contributed by atoms with Crippen molar-refractivity contribution in [1.82, 2.24) is 0 Å². The molecule has 2 heteroatoms. The van der Waals surface area contributed by atoms with E-state index in [9.17, 15) is 4.39 Å². The van der Waals surface area contributed by atoms with E-state index >= 15 is 0 Å². The summed E-state index contributed by atoms with van der Waals surface area (Å²) in [6.45, 7) is 13.0. The predicted molar refractivity (Wildman–Crippen MR) is 59.3 cm³/mol. The van der Waals surface area contributed by atoms with E-state index in [1.807, 2.05) is 27.7 Å². The Morgan fingerprint density at radius 2 is 1.92 bits per heavy atom. The Morgan fingerprint density at radius 3 is 2.23 bits per heavy atom. The van der Waals surface area contributed by atoms with Crippen molar-refractivity contribution >= 4 is 6.21 Å². The lowest BCUT2D eigenvalue weighted by Crippen LogP contribution is -2.18. The van der Waals surface area contributed by atoms with E-state index in [-0.39, 0.29) is 6.54 Å². The first-order valence-electron chi connectivity index (χ1n) is 4.80. The molecule has 0 aromatic rings. The molecule has 0 aliphatic carbocycles. The van der Waals surface area contributed by atoms with Crippen molar-refractivity contribution in [3.05, 3.63) is 12.7 Å². The summed E-state index contributed by atoms with van der Waals surface area (Å²) in [7, 11) is 0. The number of rotatable bonds is 4. The minimum Gasteiger partial charge on any atom is -0.294 e. The fourth-order valence-corrected chi connectivity index (χ4v) is 0.507. The Hall–Kier alpha value is -0.660. The second-order valence-electron chi connectivity index (χ2n) is 3.22. The van der Waals surface area contributed by atoms with Crippen molar-refractivity contribution in [2.24, 2.45) is 10.9 Å². The first-order valence-corrected chi connectivity index (χ1v) is 4.80. The van der Waals surface area contributed by atoms with Gasteiger partial charge in [-0.25, -0.2) is 4.39 Å². The average Bonchev–Trinajstić information content (AvgIpc) is 2.07. The fraction of sp³-hybridized carbons (Fsp3) is 0.727. The summed E-state index contributed by atoms with van der Waals surface area (Å²) < 4.78 is 13.0. The zero-order valence-corrected chi connectivity index (χ0v) is 9.47. The van der Waals surface area contributed by atoms with Crippen LogP contribution in [0.4, 0.5) is 4.39 Å². The number of hydrogen-bond donors (Lipinski definition) is 0. The number of alkyl halides is 1. The Morgan fingerprint density at radius 1 is 1.46 bits per heavy atom. The zero-order chi connectivity index (χ0) is 10.9. The van der Waals surface area contributed by atoms with Crippen molar-refractivity contribution in [3.63, 3.8) is 0 Å². The van der Waals surface area contributed by atoms with Gasteiger partial charge < -0.3 is 0 Å². The lowest BCUT2D eigenvalue weighted by molar-refractivity contribution is 0.269. The molecule has 0 aromatic heterocycles. The zero-order valence-electron chi connectivity index (χ0n) is 9.47. The van der Waals surface area contributed by atoms with Crippen LogP contribution in [0.5, 0.6) is 0 Å². The van der Waals surface area contributed by atoms with Crippen molar-refractivity contribution in [2.45, 2.75) is 40.3 Å². The predicted octanol–water partition coefficient (Wildman–Crippen LogP) is 3.65. The molecule has 0 saturated heterocycles. The number of hydrogen-bond acceptors (Lipinski definition) is 1. The smallest absolute Gasteiger partial charge is 0.145 e. The van der Waals surface area contributed by atoms with Crippen LogP contribution in [0.2, 0.25) is 0 Å². The fourth-order valence-electron chi connectivity index (χ4n) is 0.507. The Bertz CT molecular complexity index is 148. The largest absolute Gasteiger partial charge is 0.294 e. The number of nitrogens with zero attached hydrogens (tertiary/aromatic N) is 1. The summed E-state index contributed by atoms with van der Waals surface area (Å²) in [6, 6.07) is 0. The van der Waals surface area contributed by atoms with Crippen LogP contribution >= 0.6 is 0 Å². The van der Waals surface area contributed by atoms with Crippen LogP contribution in [0.25, 0.3) is 0 Å². The normalized spacial score (nSPS) is 15.0. The van der Waals surface area contributed by atoms with E-state index in [4.69, 9.17) is 0 Å². The summed E-state index contributed by atoms with van der Waals surface area (Å²) in [5, 5.41) is 0. The molecule has 0 aromatic carbocycles. The highest BCUT2D eigenvalue weighted by Gasteiger charge is 2.16. The summed E-state index contributed by atoms with van der Waals surface area (Å²) in [4.78, 5) is 3.94. The topological polar surface area (TPSA) is 12.4 Å². The van der Waals surface area contributed by atoms with E-state index in [1.165, 1.54) is 13.0 Å². The van der Waals surface area contributed by atoms with E-state index in [2.05, 4.69) is 11.6 Å². The van der Waals surface area contributed by atoms with E-state index < -0.39 is 5.67 Å². The van der Waals surface area contributed by atoms with Gasteiger partial charge in [0.2, 0.25) is 0 Å². The molecule has 13 heavy (non-hydrogen) atoms. The third-order valence-corrected chi connectivity index (χ3v) is 1.23. The van der Waals surface area contributed by atoms with Gasteiger partial charge in [0.15, 0.2) is 0 Å². The lowest BCUT2D eigenvalue weighted by Gasteiger charge is -2.10. The van der Waals surface area contributed by atoms with Crippen molar-refractivity contribution in [2.75, 3.05) is 6.54 Å². The molecule has 0 saturated carbocycles. The molecule has 0 aliphatic rings. The van der Waals surface area contributed by atoms with Gasteiger partial charge in [0.05, 0.1) is 6.54 Å². The lowest BCUT2D eigenvalue weighted by atomic mass is 10.1. The van der Waals surface area contributed by atoms with Gasteiger partial charge >= 0.3 is 0 Å². The third kappa shape index (κ3) is 11.3. The van der Waals surface area contributed by atoms with Crippen LogP contribution in [0.1, 0.15) is 34.6 Å². The minimum absolute atomic E-state index is 0.175. The van der Waals surface area contributed by atoms with E-state index in [0.29, 0.717) is 5.92 Å². The summed E-state index contributed by atoms with van der Waals surface area (Å²) >= 11 is 0. The first kappa shape index (κ1) is 14.8. The molecular formula is C11H22FN. The second kappa shape index (κ2) is 7.96. The van der Waals surface area contributed by atoms with Gasteiger partial charge in [0, 0.05) is 6.21 Å². The first-order chi connectivity index (χ1) is 5.98. The summed E-state index contributed by atoms with van der Waals surface area (Å²) in [5.41, 5.74) is -1.36. The number of halogens is 1. The molecule has 0 radical (unpaired) electrons. The maximum atomic E-state index is 13.0. The molecule has 0 bridgehead atoms. The second-order valence-corrected chi connectivity index (χ2v) is 3.22. The molecule has 0 spiro atoms. The molecular weight excluding hydrogens is 165 g/mol. The molecule has 0 rings (SSSR count). The maximum Gasteiger partial charge on any atom is 0.145 e. The van der Waals surface area contributed by atoms with Gasteiger partial charge in [-0.05, 0) is 12.8 Å². The Kier molecular flexibility index (Phi) is 9.09. The van der Waals surface area contributed by atoms with Gasteiger partial charge in [-0.2, -0.15) is 0 Å². The highest BCUT2D eigenvalue weighted by atomic mass is 19.1. The standard InChI is InChI=1S/C9H16FN.C2H6/c1-5-9(4,10)7-11-6-8(2)3;1-2/h5-6,8H,1,7H2,2-4H3;1-2H3. The van der Waals surface area contributed by atoms with Gasteiger partial charge in [-0.3, -0.25) is 4.99 Å².